The third-order valence-electron chi connectivity index (χ3n) is 6.53. The van der Waals surface area contributed by atoms with Gasteiger partial charge in [0.25, 0.3) is 0 Å². The van der Waals surface area contributed by atoms with Crippen LogP contribution in [0.15, 0.2) is 30.3 Å². The van der Waals surface area contributed by atoms with E-state index in [4.69, 9.17) is 0 Å². The summed E-state index contributed by atoms with van der Waals surface area (Å²) < 4.78 is 0. The first-order chi connectivity index (χ1) is 10.3. The first-order valence-corrected chi connectivity index (χ1v) is 9.10. The summed E-state index contributed by atoms with van der Waals surface area (Å²) in [6.45, 7) is 3.38. The molecule has 0 amide bonds. The SMILES string of the molecule is CCNC(Cc1ccccc1)C1C2CC3CC(C2)CC1C3. The molecule has 1 N–H and O–H groups in total. The van der Waals surface area contributed by atoms with Gasteiger partial charge in [0, 0.05) is 6.04 Å². The van der Waals surface area contributed by atoms with Crippen LogP contribution in [0, 0.1) is 29.6 Å². The van der Waals surface area contributed by atoms with Gasteiger partial charge in [-0.25, -0.2) is 0 Å². The molecule has 0 radical (unpaired) electrons. The Labute approximate surface area is 129 Å². The summed E-state index contributed by atoms with van der Waals surface area (Å²) in [7, 11) is 0. The molecule has 1 aromatic rings. The molecule has 4 fully saturated rings. The molecule has 21 heavy (non-hydrogen) atoms. The Balaban J connectivity index is 1.53. The van der Waals surface area contributed by atoms with Crippen molar-refractivity contribution in [1.29, 1.82) is 0 Å². The molecule has 114 valence electrons. The van der Waals surface area contributed by atoms with Gasteiger partial charge in [0.2, 0.25) is 0 Å². The minimum atomic E-state index is 0.701. The molecular weight excluding hydrogens is 254 g/mol. The summed E-state index contributed by atoms with van der Waals surface area (Å²) in [6.07, 6.45) is 8.93. The van der Waals surface area contributed by atoms with Gasteiger partial charge in [-0.15, -0.1) is 0 Å². The van der Waals surface area contributed by atoms with E-state index >= 15 is 0 Å². The second kappa shape index (κ2) is 5.76. The summed E-state index contributed by atoms with van der Waals surface area (Å²) in [4.78, 5) is 0. The Kier molecular flexibility index (Phi) is 3.79. The molecule has 0 heterocycles. The van der Waals surface area contributed by atoms with E-state index in [-0.39, 0.29) is 0 Å². The Bertz CT molecular complexity index is 438. The van der Waals surface area contributed by atoms with E-state index in [2.05, 4.69) is 42.6 Å². The molecule has 5 rings (SSSR count). The van der Waals surface area contributed by atoms with Crippen LogP contribution in [0.4, 0.5) is 0 Å². The van der Waals surface area contributed by atoms with E-state index in [0.29, 0.717) is 6.04 Å². The fourth-order valence-electron chi connectivity index (χ4n) is 6.10. The van der Waals surface area contributed by atoms with E-state index in [9.17, 15) is 0 Å². The lowest BCUT2D eigenvalue weighted by Crippen LogP contribution is -2.53. The van der Waals surface area contributed by atoms with Crippen molar-refractivity contribution in [3.63, 3.8) is 0 Å². The maximum Gasteiger partial charge on any atom is 0.0141 e. The maximum atomic E-state index is 3.86. The number of hydrogen-bond donors (Lipinski definition) is 1. The highest BCUT2D eigenvalue weighted by atomic mass is 14.9. The molecule has 0 aliphatic heterocycles. The minimum Gasteiger partial charge on any atom is -0.314 e. The van der Waals surface area contributed by atoms with Crippen molar-refractivity contribution in [3.05, 3.63) is 35.9 Å². The lowest BCUT2D eigenvalue weighted by Gasteiger charge is -2.56. The summed E-state index contributed by atoms with van der Waals surface area (Å²) in [5, 5.41) is 3.86. The average molecular weight is 283 g/mol. The lowest BCUT2D eigenvalue weighted by molar-refractivity contribution is -0.0515. The van der Waals surface area contributed by atoms with Gasteiger partial charge in [0.15, 0.2) is 0 Å². The molecule has 0 aromatic heterocycles. The first-order valence-electron chi connectivity index (χ1n) is 9.10. The van der Waals surface area contributed by atoms with Gasteiger partial charge in [-0.05, 0) is 80.2 Å². The number of rotatable bonds is 5. The zero-order valence-electron chi connectivity index (χ0n) is 13.3. The second-order valence-corrected chi connectivity index (χ2v) is 7.86. The van der Waals surface area contributed by atoms with E-state index in [0.717, 1.165) is 36.1 Å². The Morgan fingerprint density at radius 1 is 0.952 bits per heavy atom. The van der Waals surface area contributed by atoms with Crippen LogP contribution in [-0.4, -0.2) is 12.6 Å². The van der Waals surface area contributed by atoms with E-state index in [1.54, 1.807) is 6.42 Å². The maximum absolute atomic E-state index is 3.86. The quantitative estimate of drug-likeness (QED) is 0.850. The van der Waals surface area contributed by atoms with Gasteiger partial charge < -0.3 is 5.32 Å². The molecule has 1 aromatic carbocycles. The Hall–Kier alpha value is -0.820. The molecule has 1 unspecified atom stereocenters. The summed E-state index contributed by atoms with van der Waals surface area (Å²) in [6, 6.07) is 11.8. The van der Waals surface area contributed by atoms with Crippen molar-refractivity contribution < 1.29 is 0 Å². The Morgan fingerprint density at radius 2 is 1.57 bits per heavy atom. The van der Waals surface area contributed by atoms with Crippen molar-refractivity contribution in [3.8, 4) is 0 Å². The second-order valence-electron chi connectivity index (χ2n) is 7.86. The van der Waals surface area contributed by atoms with Crippen LogP contribution >= 0.6 is 0 Å². The van der Waals surface area contributed by atoms with Gasteiger partial charge in [-0.2, -0.15) is 0 Å². The normalized spacial score (nSPS) is 38.6. The number of nitrogens with one attached hydrogen (secondary N) is 1. The van der Waals surface area contributed by atoms with Crippen molar-refractivity contribution >= 4 is 0 Å². The summed E-state index contributed by atoms with van der Waals surface area (Å²) >= 11 is 0. The zero-order chi connectivity index (χ0) is 14.2. The van der Waals surface area contributed by atoms with Crippen LogP contribution in [-0.2, 0) is 6.42 Å². The van der Waals surface area contributed by atoms with Crippen molar-refractivity contribution in [2.24, 2.45) is 29.6 Å². The smallest absolute Gasteiger partial charge is 0.0141 e. The van der Waals surface area contributed by atoms with E-state index in [1.165, 1.54) is 37.7 Å². The molecule has 0 spiro atoms. The fourth-order valence-corrected chi connectivity index (χ4v) is 6.10. The monoisotopic (exact) mass is 283 g/mol. The Morgan fingerprint density at radius 3 is 2.14 bits per heavy atom. The zero-order valence-corrected chi connectivity index (χ0v) is 13.3. The molecular formula is C20H29N. The predicted molar refractivity (Wildman–Crippen MR) is 88.1 cm³/mol. The molecule has 4 saturated carbocycles. The number of likely N-dealkylation sites (N-methyl/N-ethyl adjacent to an activating group) is 1. The highest BCUT2D eigenvalue weighted by Gasteiger charge is 2.50. The van der Waals surface area contributed by atoms with Crippen LogP contribution in [0.5, 0.6) is 0 Å². The molecule has 1 atom stereocenters. The van der Waals surface area contributed by atoms with Crippen molar-refractivity contribution in [2.45, 2.75) is 51.5 Å². The highest BCUT2D eigenvalue weighted by molar-refractivity contribution is 5.17. The molecule has 1 nitrogen and oxygen atoms in total. The largest absolute Gasteiger partial charge is 0.314 e. The number of benzene rings is 1. The van der Waals surface area contributed by atoms with Crippen LogP contribution in [0.1, 0.15) is 44.6 Å². The minimum absolute atomic E-state index is 0.701. The third-order valence-corrected chi connectivity index (χ3v) is 6.53. The highest BCUT2D eigenvalue weighted by Crippen LogP contribution is 2.57. The lowest BCUT2D eigenvalue weighted by atomic mass is 9.50. The molecule has 4 aliphatic rings. The van der Waals surface area contributed by atoms with Crippen LogP contribution < -0.4 is 5.32 Å². The molecule has 4 bridgehead atoms. The summed E-state index contributed by atoms with van der Waals surface area (Å²) in [5.41, 5.74) is 1.51. The van der Waals surface area contributed by atoms with E-state index in [1.807, 2.05) is 0 Å². The van der Waals surface area contributed by atoms with Crippen LogP contribution in [0.2, 0.25) is 0 Å². The third kappa shape index (κ3) is 2.65. The van der Waals surface area contributed by atoms with Gasteiger partial charge in [0.05, 0.1) is 0 Å². The average Bonchev–Trinajstić information content (AvgIpc) is 2.47. The number of hydrogen-bond acceptors (Lipinski definition) is 1. The standard InChI is InChI=1S/C20H29N/c1-2-21-19(13-14-6-4-3-5-7-14)20-17-9-15-8-16(11-17)12-18(20)10-15/h3-7,15-21H,2,8-13H2,1H3. The predicted octanol–water partition coefficient (Wildman–Crippen LogP) is 4.28. The molecule has 4 aliphatic carbocycles. The molecule has 0 saturated heterocycles. The van der Waals surface area contributed by atoms with Gasteiger partial charge >= 0.3 is 0 Å². The molecule has 1 heteroatoms. The van der Waals surface area contributed by atoms with Crippen molar-refractivity contribution in [2.75, 3.05) is 6.54 Å². The van der Waals surface area contributed by atoms with Gasteiger partial charge in [0.1, 0.15) is 0 Å². The van der Waals surface area contributed by atoms with Crippen molar-refractivity contribution in [1.82, 2.24) is 5.32 Å². The van der Waals surface area contributed by atoms with Crippen LogP contribution in [0.3, 0.4) is 0 Å². The van der Waals surface area contributed by atoms with Crippen LogP contribution in [0.25, 0.3) is 0 Å². The van der Waals surface area contributed by atoms with E-state index < -0.39 is 0 Å². The summed E-state index contributed by atoms with van der Waals surface area (Å²) in [5.74, 6) is 5.16. The van der Waals surface area contributed by atoms with Gasteiger partial charge in [-0.3, -0.25) is 0 Å². The fraction of sp³-hybridized carbons (Fsp3) is 0.700. The van der Waals surface area contributed by atoms with Gasteiger partial charge in [-0.1, -0.05) is 37.3 Å². The topological polar surface area (TPSA) is 12.0 Å². The first kappa shape index (κ1) is 13.8.